The van der Waals surface area contributed by atoms with Crippen LogP contribution in [-0.2, 0) is 5.41 Å². The van der Waals surface area contributed by atoms with Gasteiger partial charge in [0, 0.05) is 84.6 Å². The van der Waals surface area contributed by atoms with Gasteiger partial charge in [0.2, 0.25) is 0 Å². The summed E-state index contributed by atoms with van der Waals surface area (Å²) in [5, 5.41) is 10.0. The van der Waals surface area contributed by atoms with Gasteiger partial charge in [-0.25, -0.2) is 0 Å². The molecule has 3 saturated heterocycles. The molecule has 8 rings (SSSR count). The summed E-state index contributed by atoms with van der Waals surface area (Å²) >= 11 is 0. The van der Waals surface area contributed by atoms with E-state index < -0.39 is 5.41 Å². The predicted molar refractivity (Wildman–Crippen MR) is 220 cm³/mol. The van der Waals surface area contributed by atoms with Crippen LogP contribution in [0.3, 0.4) is 0 Å². The lowest BCUT2D eigenvalue weighted by molar-refractivity contribution is 0.0397. The minimum absolute atomic E-state index is 0.00227. The lowest BCUT2D eigenvalue weighted by Gasteiger charge is -2.47. The highest BCUT2D eigenvalue weighted by Gasteiger charge is 2.38. The second-order valence-electron chi connectivity index (χ2n) is 15.2. The Kier molecular flexibility index (Phi) is 10.8. The Labute approximate surface area is 330 Å². The van der Waals surface area contributed by atoms with Gasteiger partial charge in [-0.2, -0.15) is 5.26 Å². The van der Waals surface area contributed by atoms with E-state index in [1.165, 1.54) is 5.56 Å². The highest BCUT2D eigenvalue weighted by molar-refractivity contribution is 5.95. The van der Waals surface area contributed by atoms with Crippen molar-refractivity contribution in [3.63, 3.8) is 0 Å². The van der Waals surface area contributed by atoms with E-state index in [2.05, 4.69) is 58.9 Å². The quantitative estimate of drug-likeness (QED) is 0.173. The molecule has 56 heavy (non-hydrogen) atoms. The Morgan fingerprint density at radius 3 is 1.59 bits per heavy atom. The number of nitrogens with zero attached hydrogens (tertiary/aromatic N) is 4. The summed E-state index contributed by atoms with van der Waals surface area (Å²) in [5.74, 6) is 13.6. The Hall–Kier alpha value is -6.39. The van der Waals surface area contributed by atoms with Crippen LogP contribution in [0.5, 0.6) is 0 Å². The van der Waals surface area contributed by atoms with Gasteiger partial charge in [-0.1, -0.05) is 84.3 Å². The molecule has 2 amide bonds. The van der Waals surface area contributed by atoms with Gasteiger partial charge in [0.1, 0.15) is 0 Å². The molecule has 3 aliphatic heterocycles. The van der Waals surface area contributed by atoms with Gasteiger partial charge in [-0.15, -0.1) is 0 Å². The molecule has 0 aliphatic carbocycles. The number of hydrogen-bond donors (Lipinski definition) is 0. The zero-order valence-corrected chi connectivity index (χ0v) is 31.5. The molecule has 0 N–H and O–H groups in total. The standard InChI is InChI=1S/C50H44N4O2/c51-37-50(46-12-5-2-6-13-46)28-32-53(33-29-50)49(56)43-24-20-40(21-25-43)16-17-41-10-7-11-44(34-41)45-35-54(36-45)47-26-30-52(31-27-47)48(55)42-22-18-39(19-23-42)15-14-38-8-3-1-4-9-38/h1-13,18-25,34,45,47H,26-33,35-36H2. The van der Waals surface area contributed by atoms with Gasteiger partial charge >= 0.3 is 0 Å². The monoisotopic (exact) mass is 732 g/mol. The van der Waals surface area contributed by atoms with Gasteiger partial charge in [0.15, 0.2) is 0 Å². The maximum atomic E-state index is 13.3. The first-order chi connectivity index (χ1) is 27.5. The van der Waals surface area contributed by atoms with Crippen LogP contribution >= 0.6 is 0 Å². The molecule has 0 spiro atoms. The second-order valence-corrected chi connectivity index (χ2v) is 15.2. The third-order valence-corrected chi connectivity index (χ3v) is 11.7. The van der Waals surface area contributed by atoms with Crippen molar-refractivity contribution in [1.29, 1.82) is 5.26 Å². The number of nitriles is 1. The number of amides is 2. The molecule has 5 aromatic carbocycles. The van der Waals surface area contributed by atoms with Crippen LogP contribution in [0.1, 0.15) is 85.7 Å². The minimum Gasteiger partial charge on any atom is -0.339 e. The number of rotatable bonds is 5. The molecule has 0 unspecified atom stereocenters. The predicted octanol–water partition coefficient (Wildman–Crippen LogP) is 7.89. The largest absolute Gasteiger partial charge is 0.339 e. The van der Waals surface area contributed by atoms with Crippen molar-refractivity contribution in [2.45, 2.75) is 43.1 Å². The molecule has 0 atom stereocenters. The van der Waals surface area contributed by atoms with Crippen molar-refractivity contribution in [3.8, 4) is 29.8 Å². The Bertz CT molecular complexity index is 2340. The first-order valence-corrected chi connectivity index (χ1v) is 19.6. The Morgan fingerprint density at radius 1 is 0.554 bits per heavy atom. The van der Waals surface area contributed by atoms with E-state index in [9.17, 15) is 14.9 Å². The van der Waals surface area contributed by atoms with Crippen LogP contribution in [-0.4, -0.2) is 71.8 Å². The van der Waals surface area contributed by atoms with Crippen molar-refractivity contribution >= 4 is 11.8 Å². The van der Waals surface area contributed by atoms with E-state index in [0.29, 0.717) is 43.5 Å². The summed E-state index contributed by atoms with van der Waals surface area (Å²) in [7, 11) is 0. The fourth-order valence-electron chi connectivity index (χ4n) is 8.21. The molecule has 0 radical (unpaired) electrons. The molecule has 0 saturated carbocycles. The zero-order chi connectivity index (χ0) is 38.3. The average molecular weight is 733 g/mol. The van der Waals surface area contributed by atoms with E-state index in [1.807, 2.05) is 119 Å². The topological polar surface area (TPSA) is 67.7 Å². The van der Waals surface area contributed by atoms with Crippen molar-refractivity contribution in [2.75, 3.05) is 39.3 Å². The van der Waals surface area contributed by atoms with Crippen molar-refractivity contribution in [1.82, 2.24) is 14.7 Å². The second kappa shape index (κ2) is 16.5. The third kappa shape index (κ3) is 8.16. The summed E-state index contributed by atoms with van der Waals surface area (Å²) in [4.78, 5) is 33.0. The zero-order valence-electron chi connectivity index (χ0n) is 31.5. The summed E-state index contributed by atoms with van der Waals surface area (Å²) in [6, 6.07) is 46.6. The third-order valence-electron chi connectivity index (χ3n) is 11.7. The molecule has 3 aliphatic rings. The van der Waals surface area contributed by atoms with Crippen LogP contribution in [0, 0.1) is 35.0 Å². The highest BCUT2D eigenvalue weighted by atomic mass is 16.2. The Morgan fingerprint density at radius 2 is 1.04 bits per heavy atom. The molecule has 6 nitrogen and oxygen atoms in total. The lowest BCUT2D eigenvalue weighted by atomic mass is 9.74. The molecule has 3 heterocycles. The number of carbonyl (C=O) groups excluding carboxylic acids is 2. The van der Waals surface area contributed by atoms with Crippen LogP contribution in [0.2, 0.25) is 0 Å². The molecule has 276 valence electrons. The van der Waals surface area contributed by atoms with Crippen LogP contribution < -0.4 is 0 Å². The van der Waals surface area contributed by atoms with Gasteiger partial charge in [-0.3, -0.25) is 14.5 Å². The Balaban J connectivity index is 0.794. The van der Waals surface area contributed by atoms with Crippen molar-refractivity contribution in [3.05, 3.63) is 178 Å². The highest BCUT2D eigenvalue weighted by Crippen LogP contribution is 2.36. The number of piperidine rings is 2. The summed E-state index contributed by atoms with van der Waals surface area (Å²) in [6.45, 7) is 4.71. The van der Waals surface area contributed by atoms with E-state index in [1.54, 1.807) is 0 Å². The number of hydrogen-bond acceptors (Lipinski definition) is 4. The maximum Gasteiger partial charge on any atom is 0.253 e. The summed E-state index contributed by atoms with van der Waals surface area (Å²) in [5.41, 5.74) is 6.89. The van der Waals surface area contributed by atoms with E-state index in [4.69, 9.17) is 0 Å². The lowest BCUT2D eigenvalue weighted by Crippen LogP contribution is -2.54. The number of likely N-dealkylation sites (tertiary alicyclic amines) is 3. The van der Waals surface area contributed by atoms with Crippen molar-refractivity contribution < 1.29 is 9.59 Å². The van der Waals surface area contributed by atoms with Crippen molar-refractivity contribution in [2.24, 2.45) is 0 Å². The molecular formula is C50H44N4O2. The van der Waals surface area contributed by atoms with Gasteiger partial charge < -0.3 is 9.80 Å². The average Bonchev–Trinajstić information content (AvgIpc) is 3.25. The van der Waals surface area contributed by atoms with E-state index in [-0.39, 0.29) is 11.8 Å². The molecule has 5 aromatic rings. The minimum atomic E-state index is -0.539. The summed E-state index contributed by atoms with van der Waals surface area (Å²) < 4.78 is 0. The van der Waals surface area contributed by atoms with Crippen LogP contribution in [0.25, 0.3) is 0 Å². The van der Waals surface area contributed by atoms with Crippen LogP contribution in [0.15, 0.2) is 133 Å². The smallest absolute Gasteiger partial charge is 0.253 e. The normalized spacial score (nSPS) is 17.0. The molecular weight excluding hydrogens is 689 g/mol. The first kappa shape index (κ1) is 36.6. The first-order valence-electron chi connectivity index (χ1n) is 19.6. The van der Waals surface area contributed by atoms with E-state index in [0.717, 1.165) is 72.4 Å². The van der Waals surface area contributed by atoms with E-state index >= 15 is 0 Å². The molecule has 6 heteroatoms. The fraction of sp³-hybridized carbons (Fsp3) is 0.260. The van der Waals surface area contributed by atoms with Gasteiger partial charge in [0.25, 0.3) is 11.8 Å². The summed E-state index contributed by atoms with van der Waals surface area (Å²) in [6.07, 6.45) is 3.24. The molecule has 0 bridgehead atoms. The SMILES string of the molecule is N#CC1(c2ccccc2)CCN(C(=O)c2ccc(C#Cc3cccc(C4CN(C5CCN(C(=O)c6ccc(C#Cc7ccccc7)cc6)CC5)C4)c3)cc2)CC1. The maximum absolute atomic E-state index is 13.3. The number of carbonyl (C=O) groups is 2. The number of benzene rings is 5. The fourth-order valence-corrected chi connectivity index (χ4v) is 8.21. The van der Waals surface area contributed by atoms with Gasteiger partial charge in [0.05, 0.1) is 11.5 Å². The molecule has 3 fully saturated rings. The van der Waals surface area contributed by atoms with Crippen LogP contribution in [0.4, 0.5) is 0 Å². The van der Waals surface area contributed by atoms with Gasteiger partial charge in [-0.05, 0) is 110 Å². The molecule has 0 aromatic heterocycles.